The molecule has 173 valence electrons. The molecule has 0 aliphatic rings. The number of halogens is 1. The average molecular weight is 527 g/mol. The van der Waals surface area contributed by atoms with Crippen LogP contribution in [0.25, 0.3) is 5.73 Å². The number of anilines is 1. The van der Waals surface area contributed by atoms with Crippen LogP contribution in [0, 0.1) is 0 Å². The van der Waals surface area contributed by atoms with Crippen molar-refractivity contribution in [2.45, 2.75) is 72.1 Å². The molecule has 0 aliphatic carbocycles. The number of unbranched alkanes of at least 4 members (excludes halogenated alkanes) is 4. The molecule has 31 heavy (non-hydrogen) atoms. The van der Waals surface area contributed by atoms with E-state index in [4.69, 9.17) is 22.5 Å². The normalized spacial score (nSPS) is 9.94. The van der Waals surface area contributed by atoms with Gasteiger partial charge in [0.25, 0.3) is 0 Å². The van der Waals surface area contributed by atoms with E-state index in [9.17, 15) is 0 Å². The van der Waals surface area contributed by atoms with Gasteiger partial charge >= 0.3 is 5.75 Å². The van der Waals surface area contributed by atoms with Crippen molar-refractivity contribution >= 4 is 23.0 Å². The smallest absolute Gasteiger partial charge is 0.301 e. The van der Waals surface area contributed by atoms with Crippen molar-refractivity contribution in [3.63, 3.8) is 0 Å². The molecule has 0 spiro atoms. The molecule has 0 amide bonds. The Morgan fingerprint density at radius 1 is 0.968 bits per heavy atom. The largest absolute Gasteiger partial charge is 0.699 e. The van der Waals surface area contributed by atoms with Crippen LogP contribution in [0.15, 0.2) is 42.5 Å². The first-order chi connectivity index (χ1) is 14.2. The minimum Gasteiger partial charge on any atom is -0.699 e. The number of hydroxylamine groups is 1. The summed E-state index contributed by atoms with van der Waals surface area (Å²) in [5, 5.41) is 9.10. The first kappa shape index (κ1) is 32.3. The maximum Gasteiger partial charge on any atom is 0.301 e. The predicted molar refractivity (Wildman–Crippen MR) is 131 cm³/mol. The zero-order valence-electron chi connectivity index (χ0n) is 19.9. The number of aromatic hydroxyl groups is 1. The molecule has 0 unspecified atom stereocenters. The van der Waals surface area contributed by atoms with Crippen molar-refractivity contribution < 1.29 is 42.8 Å². The maximum absolute atomic E-state index is 8.57. The van der Waals surface area contributed by atoms with Gasteiger partial charge in [0.2, 0.25) is 0 Å². The number of benzene rings is 2. The van der Waals surface area contributed by atoms with Gasteiger partial charge < -0.3 is 10.6 Å². The van der Waals surface area contributed by atoms with Crippen LogP contribution in [0.1, 0.15) is 72.3 Å². The summed E-state index contributed by atoms with van der Waals surface area (Å²) in [6.45, 7) is 11.0. The fourth-order valence-corrected chi connectivity index (χ4v) is 2.60. The number of nitrogens with one attached hydrogen (secondary N) is 3. The van der Waals surface area contributed by atoms with E-state index >= 15 is 0 Å². The van der Waals surface area contributed by atoms with Gasteiger partial charge in [-0.1, -0.05) is 108 Å². The third-order valence-electron chi connectivity index (χ3n) is 4.27. The van der Waals surface area contributed by atoms with E-state index in [2.05, 4.69) is 44.9 Å². The molecule has 2 aromatic carbocycles. The Labute approximate surface area is 219 Å². The molecule has 0 heterocycles. The summed E-state index contributed by atoms with van der Waals surface area (Å²) in [5.41, 5.74) is 14.5. The maximum atomic E-state index is 8.57. The molecule has 1 radical (unpaired) electrons. The second-order valence-electron chi connectivity index (χ2n) is 8.00. The fourth-order valence-electron chi connectivity index (χ4n) is 2.44. The Bertz CT molecular complexity index is 688. The number of rotatable bonds is 7. The summed E-state index contributed by atoms with van der Waals surface area (Å²) in [7, 11) is 1.68. The first-order valence-electron chi connectivity index (χ1n) is 10.6. The van der Waals surface area contributed by atoms with Gasteiger partial charge in [-0.2, -0.15) is 0 Å². The SMILES string of the molecule is CC(C)(C)c1ccc([NH-])cc1.CCCCCCC.CN[OH+]c1cc(NO)ccc1Cl.[Y]. The molecule has 7 heteroatoms. The molecule has 2 rings (SSSR count). The molecule has 0 fully saturated rings. The van der Waals surface area contributed by atoms with Gasteiger partial charge in [-0.15, -0.1) is 5.69 Å². The van der Waals surface area contributed by atoms with Crippen molar-refractivity contribution in [3.05, 3.63) is 58.8 Å². The zero-order chi connectivity index (χ0) is 23.0. The van der Waals surface area contributed by atoms with Crippen molar-refractivity contribution in [2.24, 2.45) is 0 Å². The topological polar surface area (TPSA) is 80.9 Å². The third kappa shape index (κ3) is 15.6. The molecule has 5 N–H and O–H groups in total. The van der Waals surface area contributed by atoms with Crippen LogP contribution in [-0.4, -0.2) is 17.1 Å². The summed E-state index contributed by atoms with van der Waals surface area (Å²) in [6, 6.07) is 12.6. The second kappa shape index (κ2) is 18.7. The van der Waals surface area contributed by atoms with Gasteiger partial charge in [0.1, 0.15) is 5.02 Å². The van der Waals surface area contributed by atoms with Crippen LogP contribution in [0.4, 0.5) is 11.4 Å². The van der Waals surface area contributed by atoms with Gasteiger partial charge in [0.05, 0.1) is 18.8 Å². The van der Waals surface area contributed by atoms with Gasteiger partial charge in [0, 0.05) is 32.7 Å². The second-order valence-corrected chi connectivity index (χ2v) is 8.41. The minimum absolute atomic E-state index is 0. The van der Waals surface area contributed by atoms with Gasteiger partial charge in [-0.25, -0.2) is 0 Å². The standard InChI is InChI=1S/C10H14N.C7H9ClN2O2.C7H16.Y/c1-10(2,3)8-4-6-9(11)7-5-8;1-9-12-7-4-5(10-11)2-3-6(7)8;1-3-5-7-6-4-2;/h4-7,11H,1-3H3;2-4,9-11H,1H3;3-7H2,1-2H3;/q-1;;;/p+1. The Morgan fingerprint density at radius 2 is 1.52 bits per heavy atom. The summed E-state index contributed by atoms with van der Waals surface area (Å²) in [5.74, 6) is 0.582. The monoisotopic (exact) mass is 526 g/mol. The molecule has 0 saturated carbocycles. The summed E-state index contributed by atoms with van der Waals surface area (Å²) in [4.78, 5) is 3.88. The van der Waals surface area contributed by atoms with Crippen molar-refractivity contribution in [1.29, 1.82) is 0 Å². The number of hydrogen-bond donors (Lipinski definition) is 3. The zero-order valence-corrected chi connectivity index (χ0v) is 23.5. The Hall–Kier alpha value is -0.846. The molecule has 0 saturated heterocycles. The van der Waals surface area contributed by atoms with Crippen molar-refractivity contribution in [2.75, 3.05) is 12.5 Å². The van der Waals surface area contributed by atoms with Gasteiger partial charge in [-0.3, -0.25) is 10.7 Å². The van der Waals surface area contributed by atoms with E-state index in [1.807, 2.05) is 29.7 Å². The quantitative estimate of drug-likeness (QED) is 0.193. The molecular weight excluding hydrogens is 487 g/mol. The third-order valence-corrected chi connectivity index (χ3v) is 4.59. The van der Waals surface area contributed by atoms with E-state index in [1.165, 1.54) is 37.7 Å². The summed E-state index contributed by atoms with van der Waals surface area (Å²) < 4.78 is 0. The van der Waals surface area contributed by atoms with Gasteiger partial charge in [0.15, 0.2) is 0 Å². The Balaban J connectivity index is 0. The van der Waals surface area contributed by atoms with Gasteiger partial charge in [-0.05, 0) is 23.1 Å². The molecule has 5 nitrogen and oxygen atoms in total. The first-order valence-corrected chi connectivity index (χ1v) is 11.0. The fraction of sp³-hybridized carbons (Fsp3) is 0.500. The molecule has 0 atom stereocenters. The van der Waals surface area contributed by atoms with Crippen LogP contribution in [0.2, 0.25) is 5.02 Å². The minimum atomic E-state index is 0. The molecule has 0 aromatic heterocycles. The van der Waals surface area contributed by atoms with E-state index in [-0.39, 0.29) is 38.1 Å². The van der Waals surface area contributed by atoms with E-state index in [0.717, 1.165) is 0 Å². The van der Waals surface area contributed by atoms with Crippen LogP contribution < -0.4 is 11.0 Å². The van der Waals surface area contributed by atoms with Crippen molar-refractivity contribution in [3.8, 4) is 5.75 Å². The summed E-state index contributed by atoms with van der Waals surface area (Å²) >= 11 is 5.79. The van der Waals surface area contributed by atoms with Crippen LogP contribution >= 0.6 is 11.6 Å². The summed E-state index contributed by atoms with van der Waals surface area (Å²) in [6.07, 6.45) is 7.01. The number of hydrogen-bond acceptors (Lipinski definition) is 3. The van der Waals surface area contributed by atoms with Crippen molar-refractivity contribution in [1.82, 2.24) is 5.48 Å². The molecular formula is C24H40ClN3O2Y. The van der Waals surface area contributed by atoms with E-state index < -0.39 is 0 Å². The molecule has 2 aromatic rings. The Morgan fingerprint density at radius 3 is 1.94 bits per heavy atom. The van der Waals surface area contributed by atoms with E-state index in [1.54, 1.807) is 25.2 Å². The Kier molecular flexibility index (Phi) is 19.5. The molecule has 0 aliphatic heterocycles. The van der Waals surface area contributed by atoms with Crippen LogP contribution in [0.3, 0.4) is 0 Å². The van der Waals surface area contributed by atoms with E-state index in [0.29, 0.717) is 22.1 Å². The average Bonchev–Trinajstić information content (AvgIpc) is 2.71. The van der Waals surface area contributed by atoms with Crippen LogP contribution in [0.5, 0.6) is 5.75 Å². The molecule has 0 bridgehead atoms. The predicted octanol–water partition coefficient (Wildman–Crippen LogP) is 8.16. The van der Waals surface area contributed by atoms with Crippen LogP contribution in [-0.2, 0) is 38.1 Å².